The molecule has 1 aliphatic heterocycles. The van der Waals surface area contributed by atoms with Crippen LogP contribution in [-0.2, 0) is 0 Å². The van der Waals surface area contributed by atoms with Crippen LogP contribution in [-0.4, -0.2) is 23.2 Å². The van der Waals surface area contributed by atoms with E-state index in [0.717, 1.165) is 30.1 Å². The molecule has 2 aromatic rings. The van der Waals surface area contributed by atoms with Gasteiger partial charge in [-0.2, -0.15) is 0 Å². The van der Waals surface area contributed by atoms with Crippen LogP contribution in [0.25, 0.3) is 5.69 Å². The van der Waals surface area contributed by atoms with Crippen molar-refractivity contribution in [1.82, 2.24) is 14.9 Å². The van der Waals surface area contributed by atoms with E-state index in [-0.39, 0.29) is 0 Å². The number of piperidine rings is 1. The maximum Gasteiger partial charge on any atom is 0.121 e. The Morgan fingerprint density at radius 3 is 3.05 bits per heavy atom. The zero-order valence-electron chi connectivity index (χ0n) is 11.5. The highest BCUT2D eigenvalue weighted by Crippen LogP contribution is 2.30. The van der Waals surface area contributed by atoms with Crippen LogP contribution in [0.3, 0.4) is 0 Å². The molecule has 4 nitrogen and oxygen atoms in total. The van der Waals surface area contributed by atoms with Gasteiger partial charge in [-0.15, -0.1) is 0 Å². The number of hydrogen-bond acceptors (Lipinski definition) is 3. The lowest BCUT2D eigenvalue weighted by Crippen LogP contribution is -2.28. The van der Waals surface area contributed by atoms with Crippen LogP contribution in [0.15, 0.2) is 30.7 Å². The number of nitrogens with zero attached hydrogens (tertiary/aromatic N) is 2. The molecule has 1 aromatic heterocycles. The van der Waals surface area contributed by atoms with Crippen molar-refractivity contribution in [2.45, 2.75) is 25.3 Å². The second-order valence-electron chi connectivity index (χ2n) is 5.01. The Morgan fingerprint density at radius 1 is 1.40 bits per heavy atom. The van der Waals surface area contributed by atoms with Crippen molar-refractivity contribution in [2.24, 2.45) is 0 Å². The molecule has 1 atom stereocenters. The van der Waals surface area contributed by atoms with Gasteiger partial charge in [-0.05, 0) is 31.5 Å². The highest BCUT2D eigenvalue weighted by atomic mass is 35.5. The lowest BCUT2D eigenvalue weighted by Gasteiger charge is -2.24. The summed E-state index contributed by atoms with van der Waals surface area (Å²) in [6.07, 6.45) is 7.34. The Hall–Kier alpha value is -1.52. The minimum Gasteiger partial charge on any atom is -0.497 e. The molecule has 106 valence electrons. The van der Waals surface area contributed by atoms with E-state index < -0.39 is 0 Å². The Balaban J connectivity index is 2.00. The molecule has 0 aliphatic carbocycles. The molecule has 20 heavy (non-hydrogen) atoms. The molecular formula is C15H18ClN3O. The van der Waals surface area contributed by atoms with Gasteiger partial charge in [0.25, 0.3) is 0 Å². The molecule has 1 aromatic carbocycles. The molecule has 2 heterocycles. The van der Waals surface area contributed by atoms with Crippen LogP contribution in [0, 0.1) is 0 Å². The molecule has 1 saturated heterocycles. The summed E-state index contributed by atoms with van der Waals surface area (Å²) in [5.41, 5.74) is 2.06. The molecule has 0 bridgehead atoms. The van der Waals surface area contributed by atoms with Gasteiger partial charge < -0.3 is 14.6 Å². The number of imidazole rings is 1. The quantitative estimate of drug-likeness (QED) is 0.942. The zero-order valence-corrected chi connectivity index (χ0v) is 12.2. The number of halogens is 1. The maximum atomic E-state index is 6.33. The van der Waals surface area contributed by atoms with Gasteiger partial charge in [0.05, 0.1) is 36.0 Å². The average Bonchev–Trinajstić information content (AvgIpc) is 2.98. The SMILES string of the molecule is COc1ccc(Cl)c(-n2cncc2C2CCCCN2)c1. The topological polar surface area (TPSA) is 39.1 Å². The Labute approximate surface area is 123 Å². The van der Waals surface area contributed by atoms with Gasteiger partial charge in [0.2, 0.25) is 0 Å². The van der Waals surface area contributed by atoms with E-state index in [9.17, 15) is 0 Å². The van der Waals surface area contributed by atoms with Gasteiger partial charge >= 0.3 is 0 Å². The van der Waals surface area contributed by atoms with Crippen molar-refractivity contribution in [2.75, 3.05) is 13.7 Å². The summed E-state index contributed by atoms with van der Waals surface area (Å²) >= 11 is 6.33. The summed E-state index contributed by atoms with van der Waals surface area (Å²) in [5, 5.41) is 4.24. The second kappa shape index (κ2) is 5.85. The van der Waals surface area contributed by atoms with Gasteiger partial charge in [-0.25, -0.2) is 4.98 Å². The Bertz CT molecular complexity index is 591. The first-order chi connectivity index (χ1) is 9.79. The fraction of sp³-hybridized carbons (Fsp3) is 0.400. The van der Waals surface area contributed by atoms with Crippen molar-refractivity contribution in [3.05, 3.63) is 41.4 Å². The lowest BCUT2D eigenvalue weighted by atomic mass is 10.0. The number of benzene rings is 1. The number of methoxy groups -OCH3 is 1. The van der Waals surface area contributed by atoms with Crippen LogP contribution in [0.5, 0.6) is 5.75 Å². The van der Waals surface area contributed by atoms with E-state index >= 15 is 0 Å². The predicted octanol–water partition coefficient (Wildman–Crippen LogP) is 3.35. The monoisotopic (exact) mass is 291 g/mol. The van der Waals surface area contributed by atoms with Crippen molar-refractivity contribution >= 4 is 11.6 Å². The predicted molar refractivity (Wildman–Crippen MR) is 79.7 cm³/mol. The van der Waals surface area contributed by atoms with Crippen LogP contribution in [0.1, 0.15) is 31.0 Å². The van der Waals surface area contributed by atoms with Gasteiger partial charge in [0.15, 0.2) is 0 Å². The van der Waals surface area contributed by atoms with Crippen molar-refractivity contribution < 1.29 is 4.74 Å². The van der Waals surface area contributed by atoms with E-state index in [1.165, 1.54) is 12.8 Å². The molecule has 0 spiro atoms. The maximum absolute atomic E-state index is 6.33. The van der Waals surface area contributed by atoms with E-state index in [2.05, 4.69) is 10.3 Å². The summed E-state index contributed by atoms with van der Waals surface area (Å²) in [7, 11) is 1.66. The molecular weight excluding hydrogens is 274 g/mol. The molecule has 0 saturated carbocycles. The summed E-state index contributed by atoms with van der Waals surface area (Å²) < 4.78 is 7.33. The molecule has 5 heteroatoms. The third kappa shape index (κ3) is 2.53. The summed E-state index contributed by atoms with van der Waals surface area (Å²) in [6.45, 7) is 1.06. The molecule has 0 amide bonds. The minimum absolute atomic E-state index is 0.341. The van der Waals surface area contributed by atoms with Crippen LogP contribution in [0.2, 0.25) is 5.02 Å². The van der Waals surface area contributed by atoms with E-state index in [4.69, 9.17) is 16.3 Å². The number of aromatic nitrogens is 2. The van der Waals surface area contributed by atoms with Crippen LogP contribution >= 0.6 is 11.6 Å². The van der Waals surface area contributed by atoms with Gasteiger partial charge in [-0.3, -0.25) is 0 Å². The van der Waals surface area contributed by atoms with Crippen molar-refractivity contribution in [3.8, 4) is 11.4 Å². The van der Waals surface area contributed by atoms with E-state index in [0.29, 0.717) is 11.1 Å². The van der Waals surface area contributed by atoms with E-state index in [1.54, 1.807) is 7.11 Å². The lowest BCUT2D eigenvalue weighted by molar-refractivity contribution is 0.401. The number of rotatable bonds is 3. The molecule has 1 N–H and O–H groups in total. The van der Waals surface area contributed by atoms with Gasteiger partial charge in [0.1, 0.15) is 5.75 Å². The van der Waals surface area contributed by atoms with E-state index in [1.807, 2.05) is 35.3 Å². The highest BCUT2D eigenvalue weighted by molar-refractivity contribution is 6.32. The number of nitrogens with one attached hydrogen (secondary N) is 1. The first-order valence-electron chi connectivity index (χ1n) is 6.89. The summed E-state index contributed by atoms with van der Waals surface area (Å²) in [6, 6.07) is 6.00. The average molecular weight is 292 g/mol. The van der Waals surface area contributed by atoms with Crippen LogP contribution in [0.4, 0.5) is 0 Å². The first-order valence-corrected chi connectivity index (χ1v) is 7.27. The smallest absolute Gasteiger partial charge is 0.121 e. The van der Waals surface area contributed by atoms with Crippen LogP contribution < -0.4 is 10.1 Å². The second-order valence-corrected chi connectivity index (χ2v) is 5.42. The fourth-order valence-electron chi connectivity index (χ4n) is 2.67. The molecule has 1 unspecified atom stereocenters. The van der Waals surface area contributed by atoms with Gasteiger partial charge in [-0.1, -0.05) is 18.0 Å². The Kier molecular flexibility index (Phi) is 3.94. The fourth-order valence-corrected chi connectivity index (χ4v) is 2.88. The molecule has 1 aliphatic rings. The molecule has 1 fully saturated rings. The normalized spacial score (nSPS) is 19.0. The number of ether oxygens (including phenoxy) is 1. The third-order valence-corrected chi connectivity index (χ3v) is 4.07. The van der Waals surface area contributed by atoms with Crippen molar-refractivity contribution in [3.63, 3.8) is 0 Å². The van der Waals surface area contributed by atoms with Gasteiger partial charge in [0, 0.05) is 12.1 Å². The molecule has 3 rings (SSSR count). The largest absolute Gasteiger partial charge is 0.497 e. The standard InChI is InChI=1S/C15H18ClN3O/c1-20-11-5-6-12(16)14(8-11)19-10-17-9-15(19)13-4-2-3-7-18-13/h5-6,8-10,13,18H,2-4,7H2,1H3. The molecule has 0 radical (unpaired) electrons. The Morgan fingerprint density at radius 2 is 2.30 bits per heavy atom. The number of hydrogen-bond donors (Lipinski definition) is 1. The first kappa shape index (κ1) is 13.5. The summed E-state index contributed by atoms with van der Waals surface area (Å²) in [4.78, 5) is 4.29. The van der Waals surface area contributed by atoms with Crippen molar-refractivity contribution in [1.29, 1.82) is 0 Å². The zero-order chi connectivity index (χ0) is 13.9. The highest BCUT2D eigenvalue weighted by Gasteiger charge is 2.20. The third-order valence-electron chi connectivity index (χ3n) is 3.75. The minimum atomic E-state index is 0.341. The summed E-state index contributed by atoms with van der Waals surface area (Å²) in [5.74, 6) is 0.792.